The molecule has 0 aromatic heterocycles. The first-order valence-corrected chi connectivity index (χ1v) is 8.60. The van der Waals surface area contributed by atoms with Gasteiger partial charge < -0.3 is 10.0 Å². The highest BCUT2D eigenvalue weighted by Gasteiger charge is 2.26. The van der Waals surface area contributed by atoms with Crippen LogP contribution in [0, 0.1) is 5.92 Å². The fourth-order valence-electron chi connectivity index (χ4n) is 2.59. The summed E-state index contributed by atoms with van der Waals surface area (Å²) in [6, 6.07) is 0. The minimum Gasteiger partial charge on any atom is -0.395 e. The van der Waals surface area contributed by atoms with Gasteiger partial charge in [0.05, 0.1) is 12.9 Å². The molecule has 1 N–H and O–H groups in total. The van der Waals surface area contributed by atoms with E-state index in [1.54, 1.807) is 4.31 Å². The first kappa shape index (κ1) is 15.9. The normalized spacial score (nSPS) is 22.6. The zero-order valence-electron chi connectivity index (χ0n) is 11.5. The van der Waals surface area contributed by atoms with Crippen LogP contribution in [0.5, 0.6) is 0 Å². The van der Waals surface area contributed by atoms with Crippen molar-refractivity contribution >= 4 is 10.0 Å². The Morgan fingerprint density at radius 2 is 2.11 bits per heavy atom. The lowest BCUT2D eigenvalue weighted by Gasteiger charge is -2.34. The number of hydrogen-bond donors (Lipinski definition) is 1. The molecule has 0 spiro atoms. The Hall–Kier alpha value is -0.170. The second-order valence-corrected chi connectivity index (χ2v) is 7.14. The number of rotatable bonds is 7. The highest BCUT2D eigenvalue weighted by molar-refractivity contribution is 7.88. The maximum absolute atomic E-state index is 11.5. The van der Waals surface area contributed by atoms with Crippen LogP contribution in [0.25, 0.3) is 0 Å². The lowest BCUT2D eigenvalue weighted by molar-refractivity contribution is 0.149. The quantitative estimate of drug-likeness (QED) is 0.730. The molecule has 1 fully saturated rings. The van der Waals surface area contributed by atoms with E-state index in [1.165, 1.54) is 6.26 Å². The summed E-state index contributed by atoms with van der Waals surface area (Å²) < 4.78 is 24.7. The number of aliphatic hydroxyl groups is 1. The fraction of sp³-hybridized carbons (Fsp3) is 1.00. The largest absolute Gasteiger partial charge is 0.395 e. The fourth-order valence-corrected chi connectivity index (χ4v) is 3.54. The van der Waals surface area contributed by atoms with Crippen molar-refractivity contribution < 1.29 is 13.5 Å². The van der Waals surface area contributed by atoms with Crippen molar-refractivity contribution in [1.29, 1.82) is 0 Å². The van der Waals surface area contributed by atoms with Crippen molar-refractivity contribution in [2.24, 2.45) is 5.92 Å². The van der Waals surface area contributed by atoms with Gasteiger partial charge in [0.25, 0.3) is 0 Å². The second-order valence-electron chi connectivity index (χ2n) is 5.15. The Morgan fingerprint density at radius 1 is 1.39 bits per heavy atom. The van der Waals surface area contributed by atoms with Gasteiger partial charge in [-0.2, -0.15) is 0 Å². The Labute approximate surface area is 111 Å². The van der Waals surface area contributed by atoms with E-state index in [0.717, 1.165) is 32.4 Å². The molecule has 0 aliphatic carbocycles. The lowest BCUT2D eigenvalue weighted by atomic mass is 9.99. The van der Waals surface area contributed by atoms with Gasteiger partial charge in [0, 0.05) is 26.2 Å². The van der Waals surface area contributed by atoms with Gasteiger partial charge in [0.2, 0.25) is 10.0 Å². The van der Waals surface area contributed by atoms with Crippen LogP contribution in [0.2, 0.25) is 0 Å². The molecule has 0 saturated carbocycles. The van der Waals surface area contributed by atoms with Crippen molar-refractivity contribution in [2.75, 3.05) is 45.6 Å². The molecule has 18 heavy (non-hydrogen) atoms. The third-order valence-electron chi connectivity index (χ3n) is 3.42. The van der Waals surface area contributed by atoms with E-state index in [4.69, 9.17) is 5.11 Å². The molecule has 0 aromatic carbocycles. The van der Waals surface area contributed by atoms with Crippen molar-refractivity contribution in [1.82, 2.24) is 9.21 Å². The van der Waals surface area contributed by atoms with E-state index in [2.05, 4.69) is 11.8 Å². The summed E-state index contributed by atoms with van der Waals surface area (Å²) in [5.74, 6) is 0.395. The van der Waals surface area contributed by atoms with Gasteiger partial charge >= 0.3 is 0 Å². The van der Waals surface area contributed by atoms with Crippen LogP contribution in [-0.2, 0) is 10.0 Å². The molecule has 1 aliphatic rings. The van der Waals surface area contributed by atoms with Crippen LogP contribution in [0.4, 0.5) is 0 Å². The molecule has 0 aromatic rings. The molecule has 6 heteroatoms. The van der Waals surface area contributed by atoms with Gasteiger partial charge in [-0.15, -0.1) is 0 Å². The number of aliphatic hydroxyl groups excluding tert-OH is 1. The van der Waals surface area contributed by atoms with Crippen LogP contribution in [0.3, 0.4) is 0 Å². The van der Waals surface area contributed by atoms with E-state index in [0.29, 0.717) is 25.6 Å². The van der Waals surface area contributed by atoms with Gasteiger partial charge in [-0.1, -0.05) is 6.92 Å². The highest BCUT2D eigenvalue weighted by Crippen LogP contribution is 2.19. The molecule has 1 rings (SSSR count). The SMILES string of the molecule is CCCN(CCO)CC1CCCN(S(C)(=O)=O)C1. The molecule has 1 atom stereocenters. The van der Waals surface area contributed by atoms with Gasteiger partial charge in [-0.25, -0.2) is 12.7 Å². The molecule has 0 bridgehead atoms. The van der Waals surface area contributed by atoms with Crippen LogP contribution in [0.1, 0.15) is 26.2 Å². The molecule has 1 heterocycles. The van der Waals surface area contributed by atoms with Gasteiger partial charge in [-0.05, 0) is 31.7 Å². The Balaban J connectivity index is 2.50. The molecule has 1 unspecified atom stereocenters. The molecule has 0 amide bonds. The molecular formula is C12H26N2O3S. The zero-order valence-corrected chi connectivity index (χ0v) is 12.3. The van der Waals surface area contributed by atoms with Crippen LogP contribution in [0.15, 0.2) is 0 Å². The second kappa shape index (κ2) is 7.43. The molecule has 108 valence electrons. The summed E-state index contributed by atoms with van der Waals surface area (Å²) in [5, 5.41) is 9.03. The van der Waals surface area contributed by atoms with E-state index in [1.807, 2.05) is 0 Å². The molecule has 1 aliphatic heterocycles. The first-order valence-electron chi connectivity index (χ1n) is 6.75. The summed E-state index contributed by atoms with van der Waals surface area (Å²) in [4.78, 5) is 2.23. The maximum Gasteiger partial charge on any atom is 0.211 e. The topological polar surface area (TPSA) is 60.9 Å². The Kier molecular flexibility index (Phi) is 6.55. The summed E-state index contributed by atoms with van der Waals surface area (Å²) in [5.41, 5.74) is 0. The third kappa shape index (κ3) is 5.22. The predicted molar refractivity (Wildman–Crippen MR) is 73.0 cm³/mol. The molecule has 1 saturated heterocycles. The van der Waals surface area contributed by atoms with Crippen molar-refractivity contribution in [3.05, 3.63) is 0 Å². The summed E-state index contributed by atoms with van der Waals surface area (Å²) >= 11 is 0. The van der Waals surface area contributed by atoms with Gasteiger partial charge in [-0.3, -0.25) is 0 Å². The third-order valence-corrected chi connectivity index (χ3v) is 4.69. The van der Waals surface area contributed by atoms with Crippen molar-refractivity contribution in [3.63, 3.8) is 0 Å². The van der Waals surface area contributed by atoms with E-state index < -0.39 is 10.0 Å². The minimum atomic E-state index is -3.05. The van der Waals surface area contributed by atoms with Gasteiger partial charge in [0.1, 0.15) is 0 Å². The van der Waals surface area contributed by atoms with Crippen molar-refractivity contribution in [2.45, 2.75) is 26.2 Å². The number of hydrogen-bond acceptors (Lipinski definition) is 4. The zero-order chi connectivity index (χ0) is 13.6. The minimum absolute atomic E-state index is 0.169. The summed E-state index contributed by atoms with van der Waals surface area (Å²) in [7, 11) is -3.05. The average Bonchev–Trinajstić information content (AvgIpc) is 2.29. The molecule has 5 nitrogen and oxygen atoms in total. The molecular weight excluding hydrogens is 252 g/mol. The smallest absolute Gasteiger partial charge is 0.211 e. The average molecular weight is 278 g/mol. The van der Waals surface area contributed by atoms with Crippen LogP contribution in [-0.4, -0.2) is 68.3 Å². The summed E-state index contributed by atoms with van der Waals surface area (Å²) in [6.07, 6.45) is 4.36. The van der Waals surface area contributed by atoms with E-state index in [9.17, 15) is 8.42 Å². The van der Waals surface area contributed by atoms with Gasteiger partial charge in [0.15, 0.2) is 0 Å². The number of piperidine rings is 1. The van der Waals surface area contributed by atoms with Crippen LogP contribution < -0.4 is 0 Å². The highest BCUT2D eigenvalue weighted by atomic mass is 32.2. The number of nitrogens with zero attached hydrogens (tertiary/aromatic N) is 2. The monoisotopic (exact) mass is 278 g/mol. The predicted octanol–water partition coefficient (Wildman–Crippen LogP) is 0.362. The number of sulfonamides is 1. The van der Waals surface area contributed by atoms with Crippen molar-refractivity contribution in [3.8, 4) is 0 Å². The Morgan fingerprint density at radius 3 is 2.67 bits per heavy atom. The Bertz CT molecular complexity index is 326. The van der Waals surface area contributed by atoms with Crippen LogP contribution >= 0.6 is 0 Å². The lowest BCUT2D eigenvalue weighted by Crippen LogP contribution is -2.44. The van der Waals surface area contributed by atoms with E-state index in [-0.39, 0.29) is 6.61 Å². The van der Waals surface area contributed by atoms with E-state index >= 15 is 0 Å². The summed E-state index contributed by atoms with van der Waals surface area (Å²) in [6.45, 7) is 6.11. The maximum atomic E-state index is 11.5. The first-order chi connectivity index (χ1) is 8.47. The molecule has 0 radical (unpaired) electrons. The standard InChI is InChI=1S/C12H26N2O3S/c1-3-6-13(8-9-15)10-12-5-4-7-14(11-12)18(2,16)17/h12,15H,3-11H2,1-2H3.